The average Bonchev–Trinajstić information content (AvgIpc) is 2.32. The fourth-order valence-corrected chi connectivity index (χ4v) is 1.08. The molecule has 0 amide bonds. The molecule has 0 spiro atoms. The Morgan fingerprint density at radius 1 is 1.41 bits per heavy atom. The van der Waals surface area contributed by atoms with Crippen LogP contribution in [0.1, 0.15) is 13.8 Å². The van der Waals surface area contributed by atoms with Crippen molar-refractivity contribution in [3.05, 3.63) is 0 Å². The van der Waals surface area contributed by atoms with Gasteiger partial charge in [0.2, 0.25) is 0 Å². The SMILES string of the molecule is CCOC(=O)C(C)NCC(O)COCCOC. The maximum absolute atomic E-state index is 11.2. The van der Waals surface area contributed by atoms with Gasteiger partial charge in [0.25, 0.3) is 0 Å². The van der Waals surface area contributed by atoms with Crippen molar-refractivity contribution in [3.63, 3.8) is 0 Å². The van der Waals surface area contributed by atoms with Crippen LogP contribution < -0.4 is 5.32 Å². The zero-order valence-corrected chi connectivity index (χ0v) is 10.8. The molecule has 0 aromatic heterocycles. The van der Waals surface area contributed by atoms with Gasteiger partial charge in [0, 0.05) is 13.7 Å². The predicted octanol–water partition coefficient (Wildman–Crippen LogP) is -0.448. The van der Waals surface area contributed by atoms with Gasteiger partial charge in [-0.25, -0.2) is 0 Å². The monoisotopic (exact) mass is 249 g/mol. The lowest BCUT2D eigenvalue weighted by Crippen LogP contribution is -2.41. The van der Waals surface area contributed by atoms with Crippen molar-refractivity contribution in [2.45, 2.75) is 26.0 Å². The molecule has 2 N–H and O–H groups in total. The highest BCUT2D eigenvalue weighted by Gasteiger charge is 2.14. The first-order chi connectivity index (χ1) is 8.11. The zero-order valence-electron chi connectivity index (χ0n) is 10.8. The molecule has 2 atom stereocenters. The number of rotatable bonds is 10. The third kappa shape index (κ3) is 9.05. The fourth-order valence-electron chi connectivity index (χ4n) is 1.08. The van der Waals surface area contributed by atoms with Crippen molar-refractivity contribution in [3.8, 4) is 0 Å². The summed E-state index contributed by atoms with van der Waals surface area (Å²) in [4.78, 5) is 11.2. The number of carbonyl (C=O) groups is 1. The molecular formula is C11H23NO5. The molecule has 0 saturated heterocycles. The lowest BCUT2D eigenvalue weighted by molar-refractivity contribution is -0.145. The summed E-state index contributed by atoms with van der Waals surface area (Å²) in [5, 5.41) is 12.4. The van der Waals surface area contributed by atoms with Crippen LogP contribution in [0.25, 0.3) is 0 Å². The van der Waals surface area contributed by atoms with Crippen molar-refractivity contribution in [2.24, 2.45) is 0 Å². The van der Waals surface area contributed by atoms with Crippen LogP contribution in [0.15, 0.2) is 0 Å². The molecule has 0 aromatic rings. The van der Waals surface area contributed by atoms with Crippen LogP contribution >= 0.6 is 0 Å². The van der Waals surface area contributed by atoms with Crippen molar-refractivity contribution >= 4 is 5.97 Å². The lowest BCUT2D eigenvalue weighted by atomic mass is 10.3. The van der Waals surface area contributed by atoms with Gasteiger partial charge in [0.05, 0.1) is 32.5 Å². The Morgan fingerprint density at radius 2 is 2.12 bits per heavy atom. The molecule has 0 aliphatic rings. The summed E-state index contributed by atoms with van der Waals surface area (Å²) < 4.78 is 14.8. The molecule has 0 aromatic carbocycles. The molecule has 6 nitrogen and oxygen atoms in total. The van der Waals surface area contributed by atoms with Crippen LogP contribution in [0.3, 0.4) is 0 Å². The number of ether oxygens (including phenoxy) is 3. The topological polar surface area (TPSA) is 77.0 Å². The third-order valence-electron chi connectivity index (χ3n) is 2.04. The Labute approximate surface area is 102 Å². The van der Waals surface area contributed by atoms with Gasteiger partial charge in [0.15, 0.2) is 0 Å². The first kappa shape index (κ1) is 16.3. The van der Waals surface area contributed by atoms with Crippen LogP contribution in [0.5, 0.6) is 0 Å². The zero-order chi connectivity index (χ0) is 13.1. The maximum atomic E-state index is 11.2. The van der Waals surface area contributed by atoms with Gasteiger partial charge in [-0.2, -0.15) is 0 Å². The van der Waals surface area contributed by atoms with Crippen LogP contribution in [0.2, 0.25) is 0 Å². The highest BCUT2D eigenvalue weighted by Crippen LogP contribution is 1.90. The summed E-state index contributed by atoms with van der Waals surface area (Å²) in [6, 6.07) is -0.427. The Balaban J connectivity index is 3.54. The Kier molecular flexibility index (Phi) is 10.0. The largest absolute Gasteiger partial charge is 0.465 e. The summed E-state index contributed by atoms with van der Waals surface area (Å²) in [5.41, 5.74) is 0. The van der Waals surface area contributed by atoms with Gasteiger partial charge < -0.3 is 24.6 Å². The van der Waals surface area contributed by atoms with E-state index in [1.807, 2.05) is 0 Å². The molecule has 17 heavy (non-hydrogen) atoms. The van der Waals surface area contributed by atoms with Crippen LogP contribution in [0.4, 0.5) is 0 Å². The minimum Gasteiger partial charge on any atom is -0.465 e. The number of methoxy groups -OCH3 is 1. The highest BCUT2D eigenvalue weighted by molar-refractivity contribution is 5.75. The standard InChI is InChI=1S/C11H23NO5/c1-4-17-11(14)9(2)12-7-10(13)8-16-6-5-15-3/h9-10,12-13H,4-8H2,1-3H3. The minimum absolute atomic E-state index is 0.214. The number of hydrogen-bond donors (Lipinski definition) is 2. The first-order valence-electron chi connectivity index (χ1n) is 5.76. The second-order valence-electron chi connectivity index (χ2n) is 3.60. The second kappa shape index (κ2) is 10.5. The van der Waals surface area contributed by atoms with E-state index in [4.69, 9.17) is 14.2 Å². The van der Waals surface area contributed by atoms with Gasteiger partial charge >= 0.3 is 5.97 Å². The molecule has 0 radical (unpaired) electrons. The van der Waals surface area contributed by atoms with Crippen molar-refractivity contribution < 1.29 is 24.1 Å². The molecule has 0 saturated carbocycles. The summed E-state index contributed by atoms with van der Waals surface area (Å²) in [6.45, 7) is 5.24. The van der Waals surface area contributed by atoms with Crippen LogP contribution in [0, 0.1) is 0 Å². The van der Waals surface area contributed by atoms with E-state index in [1.54, 1.807) is 21.0 Å². The Bertz CT molecular complexity index is 200. The normalized spacial score (nSPS) is 14.4. The number of carbonyl (C=O) groups excluding carboxylic acids is 1. The number of aliphatic hydroxyl groups excluding tert-OH is 1. The van der Waals surface area contributed by atoms with Gasteiger partial charge in [0.1, 0.15) is 6.04 Å². The van der Waals surface area contributed by atoms with Crippen molar-refractivity contribution in [2.75, 3.05) is 40.1 Å². The summed E-state index contributed by atoms with van der Waals surface area (Å²) in [5.74, 6) is -0.319. The van der Waals surface area contributed by atoms with E-state index >= 15 is 0 Å². The molecule has 0 aliphatic carbocycles. The molecule has 102 valence electrons. The molecule has 2 unspecified atom stereocenters. The molecule has 0 heterocycles. The minimum atomic E-state index is -0.649. The van der Waals surface area contributed by atoms with E-state index in [0.717, 1.165) is 0 Å². The van der Waals surface area contributed by atoms with Crippen molar-refractivity contribution in [1.29, 1.82) is 0 Å². The van der Waals surface area contributed by atoms with Gasteiger partial charge in [-0.1, -0.05) is 0 Å². The second-order valence-corrected chi connectivity index (χ2v) is 3.60. The fraction of sp³-hybridized carbons (Fsp3) is 0.909. The van der Waals surface area contributed by atoms with Gasteiger partial charge in [-0.3, -0.25) is 4.79 Å². The molecule has 0 fully saturated rings. The van der Waals surface area contributed by atoms with E-state index in [1.165, 1.54) is 0 Å². The quantitative estimate of drug-likeness (QED) is 0.403. The predicted molar refractivity (Wildman–Crippen MR) is 62.8 cm³/mol. The Hall–Kier alpha value is -0.690. The average molecular weight is 249 g/mol. The molecule has 6 heteroatoms. The van der Waals surface area contributed by atoms with Gasteiger partial charge in [-0.05, 0) is 13.8 Å². The summed E-state index contributed by atoms with van der Waals surface area (Å²) >= 11 is 0. The smallest absolute Gasteiger partial charge is 0.322 e. The molecule has 0 bridgehead atoms. The lowest BCUT2D eigenvalue weighted by Gasteiger charge is -2.16. The van der Waals surface area contributed by atoms with E-state index in [2.05, 4.69) is 5.32 Å². The van der Waals surface area contributed by atoms with Gasteiger partial charge in [-0.15, -0.1) is 0 Å². The molecule has 0 aliphatic heterocycles. The third-order valence-corrected chi connectivity index (χ3v) is 2.04. The van der Waals surface area contributed by atoms with E-state index in [9.17, 15) is 9.90 Å². The number of aliphatic hydroxyl groups is 1. The Morgan fingerprint density at radius 3 is 2.71 bits per heavy atom. The highest BCUT2D eigenvalue weighted by atomic mass is 16.5. The number of esters is 1. The first-order valence-corrected chi connectivity index (χ1v) is 5.76. The van der Waals surface area contributed by atoms with Crippen LogP contribution in [-0.4, -0.2) is 63.3 Å². The number of hydrogen-bond acceptors (Lipinski definition) is 6. The summed E-state index contributed by atoms with van der Waals surface area (Å²) in [7, 11) is 1.59. The van der Waals surface area contributed by atoms with Crippen LogP contribution in [-0.2, 0) is 19.0 Å². The summed E-state index contributed by atoms with van der Waals surface area (Å²) in [6.07, 6.45) is -0.649. The van der Waals surface area contributed by atoms with E-state index in [0.29, 0.717) is 19.8 Å². The molecular weight excluding hydrogens is 226 g/mol. The molecule has 0 rings (SSSR count). The maximum Gasteiger partial charge on any atom is 0.322 e. The van der Waals surface area contributed by atoms with Crippen molar-refractivity contribution in [1.82, 2.24) is 5.32 Å². The van der Waals surface area contributed by atoms with E-state index < -0.39 is 12.1 Å². The number of nitrogens with one attached hydrogen (secondary N) is 1. The van der Waals surface area contributed by atoms with E-state index in [-0.39, 0.29) is 19.1 Å².